The summed E-state index contributed by atoms with van der Waals surface area (Å²) in [6, 6.07) is 0. The van der Waals surface area contributed by atoms with Crippen LogP contribution in [0.3, 0.4) is 0 Å². The van der Waals surface area contributed by atoms with Crippen LogP contribution in [0.2, 0.25) is 0 Å². The number of esters is 2. The summed E-state index contributed by atoms with van der Waals surface area (Å²) in [6.07, 6.45) is 10.8. The van der Waals surface area contributed by atoms with E-state index in [0.717, 1.165) is 38.5 Å². The van der Waals surface area contributed by atoms with E-state index in [4.69, 9.17) is 9.47 Å². The summed E-state index contributed by atoms with van der Waals surface area (Å²) in [5.41, 5.74) is -0.421. The number of rotatable bonds is 14. The van der Waals surface area contributed by atoms with Crippen molar-refractivity contribution >= 4 is 11.9 Å². The van der Waals surface area contributed by atoms with E-state index in [1.807, 2.05) is 20.8 Å². The fourth-order valence-corrected chi connectivity index (χ4v) is 2.48. The standard InChI is InChI=1S/C21H40O4/c1-6-8-10-12-14-16-18(22)24-20(21(3,4)5)25-19(23)17-15-13-11-9-7-2/h20H,6-17H2,1-5H3. The molecule has 148 valence electrons. The molecule has 0 aromatic heterocycles. The smallest absolute Gasteiger partial charge is 0.308 e. The third kappa shape index (κ3) is 13.9. The Morgan fingerprint density at radius 3 is 1.36 bits per heavy atom. The molecule has 0 unspecified atom stereocenters. The first-order valence-corrected chi connectivity index (χ1v) is 10.2. The average Bonchev–Trinajstić information content (AvgIpc) is 2.53. The minimum Gasteiger partial charge on any atom is -0.425 e. The number of hydrogen-bond acceptors (Lipinski definition) is 4. The Morgan fingerprint density at radius 2 is 1.04 bits per heavy atom. The fourth-order valence-electron chi connectivity index (χ4n) is 2.48. The van der Waals surface area contributed by atoms with Crippen LogP contribution in [-0.2, 0) is 19.1 Å². The van der Waals surface area contributed by atoms with Crippen LogP contribution in [0, 0.1) is 5.41 Å². The Morgan fingerprint density at radius 1 is 0.680 bits per heavy atom. The monoisotopic (exact) mass is 356 g/mol. The predicted octanol–water partition coefficient (Wildman–Crippen LogP) is 6.17. The van der Waals surface area contributed by atoms with Crippen LogP contribution >= 0.6 is 0 Å². The van der Waals surface area contributed by atoms with Crippen molar-refractivity contribution < 1.29 is 19.1 Å². The van der Waals surface area contributed by atoms with Gasteiger partial charge in [0.1, 0.15) is 0 Å². The van der Waals surface area contributed by atoms with E-state index in [2.05, 4.69) is 13.8 Å². The highest BCUT2D eigenvalue weighted by Gasteiger charge is 2.31. The summed E-state index contributed by atoms with van der Waals surface area (Å²) in [6.45, 7) is 10.1. The maximum atomic E-state index is 12.0. The lowest BCUT2D eigenvalue weighted by atomic mass is 9.96. The third-order valence-corrected chi connectivity index (χ3v) is 4.15. The first-order valence-electron chi connectivity index (χ1n) is 10.2. The molecular weight excluding hydrogens is 316 g/mol. The topological polar surface area (TPSA) is 52.6 Å². The molecule has 0 radical (unpaired) electrons. The molecule has 0 aliphatic rings. The Bertz CT molecular complexity index is 329. The molecule has 4 heteroatoms. The molecule has 0 spiro atoms. The summed E-state index contributed by atoms with van der Waals surface area (Å²) < 4.78 is 10.9. The van der Waals surface area contributed by atoms with Crippen LogP contribution in [0.15, 0.2) is 0 Å². The van der Waals surface area contributed by atoms with Gasteiger partial charge in [-0.05, 0) is 12.8 Å². The Kier molecular flexibility index (Phi) is 13.5. The van der Waals surface area contributed by atoms with Crippen molar-refractivity contribution in [3.05, 3.63) is 0 Å². The lowest BCUT2D eigenvalue weighted by Crippen LogP contribution is -2.36. The largest absolute Gasteiger partial charge is 0.425 e. The maximum Gasteiger partial charge on any atom is 0.308 e. The molecule has 25 heavy (non-hydrogen) atoms. The first-order chi connectivity index (χ1) is 11.8. The minimum absolute atomic E-state index is 0.271. The maximum absolute atomic E-state index is 12.0. The summed E-state index contributed by atoms with van der Waals surface area (Å²) in [5, 5.41) is 0. The Labute approximate surface area is 155 Å². The van der Waals surface area contributed by atoms with E-state index in [0.29, 0.717) is 12.8 Å². The number of hydrogen-bond donors (Lipinski definition) is 0. The van der Waals surface area contributed by atoms with Gasteiger partial charge in [0.15, 0.2) is 0 Å². The van der Waals surface area contributed by atoms with Gasteiger partial charge in [0.05, 0.1) is 0 Å². The molecule has 0 saturated carbocycles. The van der Waals surface area contributed by atoms with E-state index in [9.17, 15) is 9.59 Å². The zero-order valence-corrected chi connectivity index (χ0v) is 17.2. The normalized spacial score (nSPS) is 11.6. The molecule has 0 aromatic carbocycles. The highest BCUT2D eigenvalue weighted by Crippen LogP contribution is 2.25. The predicted molar refractivity (Wildman–Crippen MR) is 102 cm³/mol. The van der Waals surface area contributed by atoms with Gasteiger partial charge < -0.3 is 9.47 Å². The number of ether oxygens (including phenoxy) is 2. The van der Waals surface area contributed by atoms with Gasteiger partial charge in [-0.25, -0.2) is 0 Å². The van der Waals surface area contributed by atoms with Gasteiger partial charge in [0.2, 0.25) is 0 Å². The molecule has 0 amide bonds. The molecule has 0 fully saturated rings. The van der Waals surface area contributed by atoms with Gasteiger partial charge in [0.25, 0.3) is 6.29 Å². The van der Waals surface area contributed by atoms with Crippen LogP contribution in [-0.4, -0.2) is 18.2 Å². The van der Waals surface area contributed by atoms with E-state index >= 15 is 0 Å². The molecule has 0 saturated heterocycles. The highest BCUT2D eigenvalue weighted by atomic mass is 16.7. The molecule has 0 rings (SSSR count). The zero-order valence-electron chi connectivity index (χ0n) is 17.2. The summed E-state index contributed by atoms with van der Waals surface area (Å²) in [4.78, 5) is 24.1. The SMILES string of the molecule is CCCCCCCC(=O)OC(OC(=O)CCCCCCC)C(C)(C)C. The summed E-state index contributed by atoms with van der Waals surface area (Å²) in [7, 11) is 0. The zero-order chi connectivity index (χ0) is 19.1. The number of carbonyl (C=O) groups excluding carboxylic acids is 2. The minimum atomic E-state index is -0.807. The third-order valence-electron chi connectivity index (χ3n) is 4.15. The van der Waals surface area contributed by atoms with Crippen molar-refractivity contribution in [2.45, 2.75) is 118 Å². The molecule has 0 aliphatic carbocycles. The van der Waals surface area contributed by atoms with E-state index in [1.165, 1.54) is 25.7 Å². The highest BCUT2D eigenvalue weighted by molar-refractivity contribution is 5.71. The van der Waals surface area contributed by atoms with Gasteiger partial charge in [-0.1, -0.05) is 86.0 Å². The van der Waals surface area contributed by atoms with E-state index in [1.54, 1.807) is 0 Å². The average molecular weight is 357 g/mol. The van der Waals surface area contributed by atoms with E-state index < -0.39 is 11.7 Å². The van der Waals surface area contributed by atoms with Crippen molar-refractivity contribution in [3.63, 3.8) is 0 Å². The van der Waals surface area contributed by atoms with Gasteiger partial charge in [-0.15, -0.1) is 0 Å². The van der Waals surface area contributed by atoms with Gasteiger partial charge >= 0.3 is 11.9 Å². The first kappa shape index (κ1) is 23.9. The van der Waals surface area contributed by atoms with Crippen molar-refractivity contribution in [2.75, 3.05) is 0 Å². The lowest BCUT2D eigenvalue weighted by molar-refractivity contribution is -0.207. The molecule has 0 N–H and O–H groups in total. The van der Waals surface area contributed by atoms with Crippen LogP contribution in [0.5, 0.6) is 0 Å². The second-order valence-electron chi connectivity index (χ2n) is 8.01. The Hall–Kier alpha value is -1.06. The molecule has 0 bridgehead atoms. The van der Waals surface area contributed by atoms with Crippen molar-refractivity contribution in [1.82, 2.24) is 0 Å². The van der Waals surface area contributed by atoms with Crippen molar-refractivity contribution in [3.8, 4) is 0 Å². The molecule has 0 aliphatic heterocycles. The number of unbranched alkanes of at least 4 members (excludes halogenated alkanes) is 8. The van der Waals surface area contributed by atoms with Crippen molar-refractivity contribution in [2.24, 2.45) is 5.41 Å². The Balaban J connectivity index is 4.19. The second kappa shape index (κ2) is 14.1. The number of carbonyl (C=O) groups is 2. The molecule has 4 nitrogen and oxygen atoms in total. The van der Waals surface area contributed by atoms with E-state index in [-0.39, 0.29) is 11.9 Å². The van der Waals surface area contributed by atoms with Gasteiger partial charge in [-0.3, -0.25) is 9.59 Å². The molecular formula is C21H40O4. The van der Waals surface area contributed by atoms with Gasteiger partial charge in [0, 0.05) is 18.3 Å². The summed E-state index contributed by atoms with van der Waals surface area (Å²) >= 11 is 0. The van der Waals surface area contributed by atoms with Crippen LogP contribution in [0.25, 0.3) is 0 Å². The van der Waals surface area contributed by atoms with Gasteiger partial charge in [-0.2, -0.15) is 0 Å². The van der Waals surface area contributed by atoms with Crippen LogP contribution in [0.1, 0.15) is 112 Å². The lowest BCUT2D eigenvalue weighted by Gasteiger charge is -2.29. The fraction of sp³-hybridized carbons (Fsp3) is 0.905. The quantitative estimate of drug-likeness (QED) is 0.212. The van der Waals surface area contributed by atoms with Crippen LogP contribution in [0.4, 0.5) is 0 Å². The molecule has 0 heterocycles. The summed E-state index contributed by atoms with van der Waals surface area (Å²) in [5.74, 6) is -0.542. The van der Waals surface area contributed by atoms with Crippen molar-refractivity contribution in [1.29, 1.82) is 0 Å². The molecule has 0 aromatic rings. The molecule has 0 atom stereocenters. The van der Waals surface area contributed by atoms with Crippen LogP contribution < -0.4 is 0 Å². The second-order valence-corrected chi connectivity index (χ2v) is 8.01.